The van der Waals surface area contributed by atoms with E-state index in [1.165, 1.54) is 68.7 Å². The van der Waals surface area contributed by atoms with E-state index in [2.05, 4.69) is 15.4 Å². The van der Waals surface area contributed by atoms with Crippen molar-refractivity contribution in [1.82, 2.24) is 24.6 Å². The first-order valence-corrected chi connectivity index (χ1v) is 12.5. The summed E-state index contributed by atoms with van der Waals surface area (Å²) in [6, 6.07) is 9.87. The van der Waals surface area contributed by atoms with Gasteiger partial charge < -0.3 is 5.32 Å². The molecule has 1 N–H and O–H groups in total. The van der Waals surface area contributed by atoms with Crippen LogP contribution in [0.1, 0.15) is 77.0 Å². The molecule has 176 valence electrons. The van der Waals surface area contributed by atoms with Gasteiger partial charge in [0.2, 0.25) is 5.91 Å². The van der Waals surface area contributed by atoms with Crippen molar-refractivity contribution in [1.29, 1.82) is 0 Å². The van der Waals surface area contributed by atoms with E-state index in [-0.39, 0.29) is 23.9 Å². The first kappa shape index (κ1) is 23.2. The van der Waals surface area contributed by atoms with Crippen LogP contribution in [-0.4, -0.2) is 31.3 Å². The molecule has 1 aliphatic rings. The second kappa shape index (κ2) is 11.8. The van der Waals surface area contributed by atoms with E-state index in [0.29, 0.717) is 17.6 Å². The Labute approximate surface area is 195 Å². The van der Waals surface area contributed by atoms with E-state index in [4.69, 9.17) is 0 Å². The number of nitrogens with zero attached hydrogens (tertiary/aromatic N) is 4. The summed E-state index contributed by atoms with van der Waals surface area (Å²) in [4.78, 5) is 30.1. The molecule has 0 saturated heterocycles. The van der Waals surface area contributed by atoms with Crippen LogP contribution in [0, 0.1) is 0 Å². The summed E-state index contributed by atoms with van der Waals surface area (Å²) in [5.41, 5.74) is 1.22. The summed E-state index contributed by atoms with van der Waals surface area (Å²) in [6.45, 7) is 0.316. The third-order valence-electron chi connectivity index (χ3n) is 6.61. The molecule has 0 aliphatic heterocycles. The number of hydrogen-bond donors (Lipinski definition) is 1. The van der Waals surface area contributed by atoms with Gasteiger partial charge in [0.1, 0.15) is 5.39 Å². The molecular formula is C26H35N5O2. The lowest BCUT2D eigenvalue weighted by molar-refractivity contribution is -0.122. The second-order valence-corrected chi connectivity index (χ2v) is 9.15. The molecule has 4 rings (SSSR count). The van der Waals surface area contributed by atoms with Gasteiger partial charge in [-0.1, -0.05) is 76.0 Å². The van der Waals surface area contributed by atoms with Gasteiger partial charge in [0.15, 0.2) is 5.65 Å². The second-order valence-electron chi connectivity index (χ2n) is 9.15. The standard InChI is InChI=1S/C26H35N5O2/c32-24(29-21-13-9-6-4-2-1-3-5-7-10-14-21)17-18-30-20-27-25-23(26(30)33)19-28-31(25)22-15-11-8-12-16-22/h8,11-12,15-16,19-21H,1-7,9-10,13-14,17-18H2,(H,29,32). The summed E-state index contributed by atoms with van der Waals surface area (Å²) in [5, 5.41) is 8.04. The normalized spacial score (nSPS) is 16.7. The molecule has 0 radical (unpaired) electrons. The van der Waals surface area contributed by atoms with Crippen LogP contribution in [0.15, 0.2) is 47.7 Å². The van der Waals surface area contributed by atoms with Crippen molar-refractivity contribution < 1.29 is 4.79 Å². The Morgan fingerprint density at radius 1 is 0.939 bits per heavy atom. The third kappa shape index (κ3) is 6.30. The number of amides is 1. The van der Waals surface area contributed by atoms with Gasteiger partial charge in [0.05, 0.1) is 18.2 Å². The molecule has 0 atom stereocenters. The molecule has 33 heavy (non-hydrogen) atoms. The van der Waals surface area contributed by atoms with Crippen molar-refractivity contribution in [2.24, 2.45) is 0 Å². The SMILES string of the molecule is O=C(CCn1cnc2c(cnn2-c2ccccc2)c1=O)NC1CCCCCCCCCCC1. The van der Waals surface area contributed by atoms with Crippen molar-refractivity contribution in [3.63, 3.8) is 0 Å². The van der Waals surface area contributed by atoms with Crippen molar-refractivity contribution in [3.8, 4) is 5.69 Å². The zero-order chi connectivity index (χ0) is 22.9. The number of carbonyl (C=O) groups is 1. The van der Waals surface area contributed by atoms with Crippen LogP contribution < -0.4 is 10.9 Å². The molecule has 7 nitrogen and oxygen atoms in total. The zero-order valence-corrected chi connectivity index (χ0v) is 19.4. The van der Waals surface area contributed by atoms with Gasteiger partial charge in [-0.15, -0.1) is 0 Å². The smallest absolute Gasteiger partial charge is 0.264 e. The topological polar surface area (TPSA) is 81.8 Å². The zero-order valence-electron chi connectivity index (χ0n) is 19.4. The molecule has 3 aromatic rings. The van der Waals surface area contributed by atoms with Crippen molar-refractivity contribution in [3.05, 3.63) is 53.2 Å². The van der Waals surface area contributed by atoms with Gasteiger partial charge in [-0.05, 0) is 25.0 Å². The van der Waals surface area contributed by atoms with Crippen LogP contribution in [0.25, 0.3) is 16.7 Å². The minimum atomic E-state index is -0.166. The number of hydrogen-bond acceptors (Lipinski definition) is 4. The lowest BCUT2D eigenvalue weighted by Crippen LogP contribution is -2.36. The number of nitrogens with one attached hydrogen (secondary N) is 1. The van der Waals surface area contributed by atoms with Gasteiger partial charge in [-0.25, -0.2) is 9.67 Å². The lowest BCUT2D eigenvalue weighted by atomic mass is 9.98. The van der Waals surface area contributed by atoms with Gasteiger partial charge in [-0.2, -0.15) is 5.10 Å². The summed E-state index contributed by atoms with van der Waals surface area (Å²) >= 11 is 0. The Hall–Kier alpha value is -2.96. The van der Waals surface area contributed by atoms with Gasteiger partial charge in [-0.3, -0.25) is 14.2 Å². The molecular weight excluding hydrogens is 414 g/mol. The van der Waals surface area contributed by atoms with Crippen LogP contribution in [0.2, 0.25) is 0 Å². The molecule has 0 spiro atoms. The summed E-state index contributed by atoms with van der Waals surface area (Å²) < 4.78 is 3.18. The number of para-hydroxylation sites is 1. The minimum Gasteiger partial charge on any atom is -0.353 e. The largest absolute Gasteiger partial charge is 0.353 e. The number of aryl methyl sites for hydroxylation is 1. The maximum Gasteiger partial charge on any atom is 0.264 e. The Kier molecular flexibility index (Phi) is 8.28. The fourth-order valence-electron chi connectivity index (χ4n) is 4.70. The minimum absolute atomic E-state index is 0.0130. The molecule has 1 saturated carbocycles. The Morgan fingerprint density at radius 2 is 1.58 bits per heavy atom. The van der Waals surface area contributed by atoms with Crippen molar-refractivity contribution in [2.45, 2.75) is 89.6 Å². The Balaban J connectivity index is 1.35. The van der Waals surface area contributed by atoms with Crippen molar-refractivity contribution >= 4 is 16.9 Å². The molecule has 0 unspecified atom stereocenters. The summed E-state index contributed by atoms with van der Waals surface area (Å²) in [6.07, 6.45) is 17.0. The van der Waals surface area contributed by atoms with Gasteiger partial charge in [0, 0.05) is 19.0 Å². The van der Waals surface area contributed by atoms with E-state index in [1.807, 2.05) is 30.3 Å². The maximum atomic E-state index is 12.9. The van der Waals surface area contributed by atoms with Crippen LogP contribution in [0.4, 0.5) is 0 Å². The molecule has 1 fully saturated rings. The lowest BCUT2D eigenvalue weighted by Gasteiger charge is -2.19. The fraction of sp³-hybridized carbons (Fsp3) is 0.538. The molecule has 0 bridgehead atoms. The van der Waals surface area contributed by atoms with E-state index in [0.717, 1.165) is 18.5 Å². The monoisotopic (exact) mass is 449 g/mol. The summed E-state index contributed by atoms with van der Waals surface area (Å²) in [5.74, 6) is 0.0130. The maximum absolute atomic E-state index is 12.9. The number of benzene rings is 1. The predicted molar refractivity (Wildman–Crippen MR) is 130 cm³/mol. The fourth-order valence-corrected chi connectivity index (χ4v) is 4.70. The molecule has 1 aromatic carbocycles. The molecule has 2 heterocycles. The highest BCUT2D eigenvalue weighted by molar-refractivity contribution is 5.76. The average molecular weight is 450 g/mol. The van der Waals surface area contributed by atoms with Crippen LogP contribution in [0.3, 0.4) is 0 Å². The van der Waals surface area contributed by atoms with Crippen LogP contribution >= 0.6 is 0 Å². The quantitative estimate of drug-likeness (QED) is 0.609. The highest BCUT2D eigenvalue weighted by Gasteiger charge is 2.15. The molecule has 2 aromatic heterocycles. The van der Waals surface area contributed by atoms with E-state index in [9.17, 15) is 9.59 Å². The van der Waals surface area contributed by atoms with Gasteiger partial charge >= 0.3 is 0 Å². The molecule has 7 heteroatoms. The average Bonchev–Trinajstić information content (AvgIpc) is 3.26. The van der Waals surface area contributed by atoms with E-state index in [1.54, 1.807) is 10.9 Å². The van der Waals surface area contributed by atoms with E-state index < -0.39 is 0 Å². The number of fused-ring (bicyclic) bond motifs is 1. The number of carbonyl (C=O) groups excluding carboxylic acids is 1. The van der Waals surface area contributed by atoms with Crippen LogP contribution in [-0.2, 0) is 11.3 Å². The van der Waals surface area contributed by atoms with E-state index >= 15 is 0 Å². The molecule has 1 amide bonds. The third-order valence-corrected chi connectivity index (χ3v) is 6.61. The van der Waals surface area contributed by atoms with Crippen LogP contribution in [0.5, 0.6) is 0 Å². The number of rotatable bonds is 5. The van der Waals surface area contributed by atoms with Crippen molar-refractivity contribution in [2.75, 3.05) is 0 Å². The highest BCUT2D eigenvalue weighted by atomic mass is 16.2. The molecule has 1 aliphatic carbocycles. The first-order valence-electron chi connectivity index (χ1n) is 12.5. The summed E-state index contributed by atoms with van der Waals surface area (Å²) in [7, 11) is 0. The highest BCUT2D eigenvalue weighted by Crippen LogP contribution is 2.17. The Morgan fingerprint density at radius 3 is 2.24 bits per heavy atom. The predicted octanol–water partition coefficient (Wildman–Crippen LogP) is 4.76. The van der Waals surface area contributed by atoms with Gasteiger partial charge in [0.25, 0.3) is 5.56 Å². The first-order chi connectivity index (χ1) is 16.2. The Bertz CT molecular complexity index is 1080. The number of aromatic nitrogens is 4.